The molecule has 0 aliphatic carbocycles. The quantitative estimate of drug-likeness (QED) is 0.349. The Morgan fingerprint density at radius 3 is 2.56 bits per heavy atom. The Morgan fingerprint density at radius 2 is 1.88 bits per heavy atom. The van der Waals surface area contributed by atoms with Crippen molar-refractivity contribution in [2.45, 2.75) is 12.8 Å². The molecule has 16 heavy (non-hydrogen) atoms. The van der Waals surface area contributed by atoms with Crippen LogP contribution in [0, 0.1) is 0 Å². The van der Waals surface area contributed by atoms with Crippen LogP contribution in [0.3, 0.4) is 0 Å². The maximum absolute atomic E-state index is 8.64. The Bertz CT molecular complexity index is 534. The first kappa shape index (κ1) is 10.5. The molecule has 0 bridgehead atoms. The van der Waals surface area contributed by atoms with Gasteiger partial charge < -0.3 is 10.9 Å². The average Bonchev–Trinajstić information content (AvgIpc) is 2.36. The molecule has 2 aromatic carbocycles. The van der Waals surface area contributed by atoms with E-state index in [1.54, 1.807) is 0 Å². The summed E-state index contributed by atoms with van der Waals surface area (Å²) in [4.78, 5) is 0. The number of rotatable bonds is 2. The molecule has 0 aliphatic heterocycles. The van der Waals surface area contributed by atoms with E-state index in [-0.39, 0.29) is 11.8 Å². The molecule has 0 amide bonds. The second-order valence-corrected chi connectivity index (χ2v) is 3.85. The van der Waals surface area contributed by atoms with E-state index in [1.165, 1.54) is 5.39 Å². The van der Waals surface area contributed by atoms with E-state index in [0.29, 0.717) is 0 Å². The average molecular weight is 214 g/mol. The Kier molecular flexibility index (Phi) is 2.77. The Hall–Kier alpha value is -2.03. The summed E-state index contributed by atoms with van der Waals surface area (Å²) < 4.78 is 0. The van der Waals surface area contributed by atoms with Crippen molar-refractivity contribution < 1.29 is 5.21 Å². The highest BCUT2D eigenvalue weighted by atomic mass is 16.4. The zero-order valence-electron chi connectivity index (χ0n) is 9.09. The predicted octanol–water partition coefficient (Wildman–Crippen LogP) is 2.69. The highest BCUT2D eigenvalue weighted by molar-refractivity contribution is 5.89. The largest absolute Gasteiger partial charge is 0.409 e. The monoisotopic (exact) mass is 214 g/mol. The van der Waals surface area contributed by atoms with Crippen LogP contribution in [-0.4, -0.2) is 11.0 Å². The summed E-state index contributed by atoms with van der Waals surface area (Å²) >= 11 is 0. The zero-order chi connectivity index (χ0) is 11.5. The van der Waals surface area contributed by atoms with Crippen LogP contribution in [0.15, 0.2) is 47.6 Å². The minimum absolute atomic E-state index is 0.0744. The topological polar surface area (TPSA) is 58.6 Å². The standard InChI is InChI=1S/C13H14N2O/c1-9(13(14)15-16)11-7-6-10-4-2-3-5-12(10)8-11/h2-9,16H,1H3,(H2,14,15). The van der Waals surface area contributed by atoms with Crippen molar-refractivity contribution in [1.29, 1.82) is 0 Å². The van der Waals surface area contributed by atoms with Gasteiger partial charge in [0.2, 0.25) is 0 Å². The van der Waals surface area contributed by atoms with Crippen molar-refractivity contribution in [2.75, 3.05) is 0 Å². The molecular formula is C13H14N2O. The molecule has 0 radical (unpaired) electrons. The second kappa shape index (κ2) is 4.23. The third-order valence-electron chi connectivity index (χ3n) is 2.83. The fourth-order valence-corrected chi connectivity index (χ4v) is 1.73. The molecule has 3 nitrogen and oxygen atoms in total. The summed E-state index contributed by atoms with van der Waals surface area (Å²) in [5.41, 5.74) is 6.64. The van der Waals surface area contributed by atoms with Gasteiger partial charge in [-0.05, 0) is 16.3 Å². The highest BCUT2D eigenvalue weighted by Gasteiger charge is 2.10. The molecule has 0 spiro atoms. The van der Waals surface area contributed by atoms with E-state index < -0.39 is 0 Å². The van der Waals surface area contributed by atoms with Crippen LogP contribution in [0.4, 0.5) is 0 Å². The van der Waals surface area contributed by atoms with Gasteiger partial charge in [0.05, 0.1) is 0 Å². The fraction of sp³-hybridized carbons (Fsp3) is 0.154. The summed E-state index contributed by atoms with van der Waals surface area (Å²) in [5, 5.41) is 14.0. The number of fused-ring (bicyclic) bond motifs is 1. The summed E-state index contributed by atoms with van der Waals surface area (Å²) in [6, 6.07) is 14.2. The van der Waals surface area contributed by atoms with Gasteiger partial charge in [0.1, 0.15) is 5.84 Å². The lowest BCUT2D eigenvalue weighted by Crippen LogP contribution is -2.19. The lowest BCUT2D eigenvalue weighted by atomic mass is 9.97. The van der Waals surface area contributed by atoms with Gasteiger partial charge in [-0.1, -0.05) is 54.5 Å². The molecule has 3 heteroatoms. The maximum atomic E-state index is 8.64. The SMILES string of the molecule is CC(C(N)=NO)c1ccc2ccccc2c1. The van der Waals surface area contributed by atoms with Gasteiger partial charge >= 0.3 is 0 Å². The van der Waals surface area contributed by atoms with Gasteiger partial charge in [-0.25, -0.2) is 0 Å². The summed E-state index contributed by atoms with van der Waals surface area (Å²) in [7, 11) is 0. The maximum Gasteiger partial charge on any atom is 0.146 e. The first-order valence-electron chi connectivity index (χ1n) is 5.18. The predicted molar refractivity (Wildman–Crippen MR) is 65.8 cm³/mol. The van der Waals surface area contributed by atoms with Crippen LogP contribution < -0.4 is 5.73 Å². The van der Waals surface area contributed by atoms with Gasteiger partial charge in [0.25, 0.3) is 0 Å². The smallest absolute Gasteiger partial charge is 0.146 e. The summed E-state index contributed by atoms with van der Waals surface area (Å²) in [6.07, 6.45) is 0. The molecule has 0 heterocycles. The molecule has 2 rings (SSSR count). The van der Waals surface area contributed by atoms with E-state index in [2.05, 4.69) is 23.4 Å². The fourth-order valence-electron chi connectivity index (χ4n) is 1.73. The van der Waals surface area contributed by atoms with Crippen LogP contribution in [0.25, 0.3) is 10.8 Å². The molecule has 1 atom stereocenters. The first-order chi connectivity index (χ1) is 7.72. The van der Waals surface area contributed by atoms with Crippen molar-refractivity contribution in [3.63, 3.8) is 0 Å². The lowest BCUT2D eigenvalue weighted by Gasteiger charge is -2.10. The van der Waals surface area contributed by atoms with Gasteiger partial charge in [-0.2, -0.15) is 0 Å². The highest BCUT2D eigenvalue weighted by Crippen LogP contribution is 2.21. The van der Waals surface area contributed by atoms with Gasteiger partial charge in [-0.15, -0.1) is 0 Å². The van der Waals surface area contributed by atoms with Crippen molar-refractivity contribution in [2.24, 2.45) is 10.9 Å². The molecule has 2 aromatic rings. The van der Waals surface area contributed by atoms with Crippen LogP contribution in [0.5, 0.6) is 0 Å². The number of benzene rings is 2. The van der Waals surface area contributed by atoms with E-state index in [0.717, 1.165) is 10.9 Å². The second-order valence-electron chi connectivity index (χ2n) is 3.85. The lowest BCUT2D eigenvalue weighted by molar-refractivity contribution is 0.316. The molecule has 0 aromatic heterocycles. The third kappa shape index (κ3) is 1.84. The van der Waals surface area contributed by atoms with Gasteiger partial charge in [-0.3, -0.25) is 0 Å². The third-order valence-corrected chi connectivity index (χ3v) is 2.83. The van der Waals surface area contributed by atoms with Crippen molar-refractivity contribution in [1.82, 2.24) is 0 Å². The van der Waals surface area contributed by atoms with Crippen LogP contribution in [0.2, 0.25) is 0 Å². The van der Waals surface area contributed by atoms with E-state index in [1.807, 2.05) is 31.2 Å². The number of nitrogens with zero attached hydrogens (tertiary/aromatic N) is 1. The number of nitrogens with two attached hydrogens (primary N) is 1. The number of oxime groups is 1. The molecule has 0 saturated carbocycles. The minimum Gasteiger partial charge on any atom is -0.409 e. The van der Waals surface area contributed by atoms with E-state index >= 15 is 0 Å². The molecule has 0 saturated heterocycles. The molecule has 3 N–H and O–H groups in total. The van der Waals surface area contributed by atoms with Gasteiger partial charge in [0.15, 0.2) is 0 Å². The molecule has 0 aliphatic rings. The number of hydrogen-bond donors (Lipinski definition) is 2. The van der Waals surface area contributed by atoms with Crippen molar-refractivity contribution >= 4 is 16.6 Å². The Labute approximate surface area is 94.2 Å². The number of hydrogen-bond acceptors (Lipinski definition) is 2. The normalized spacial score (nSPS) is 13.9. The Balaban J connectivity index is 2.47. The first-order valence-corrected chi connectivity index (χ1v) is 5.18. The molecular weight excluding hydrogens is 200 g/mol. The van der Waals surface area contributed by atoms with Crippen molar-refractivity contribution in [3.8, 4) is 0 Å². The van der Waals surface area contributed by atoms with E-state index in [9.17, 15) is 0 Å². The molecule has 82 valence electrons. The van der Waals surface area contributed by atoms with Crippen LogP contribution in [0.1, 0.15) is 18.4 Å². The van der Waals surface area contributed by atoms with Crippen LogP contribution >= 0.6 is 0 Å². The zero-order valence-corrected chi connectivity index (χ0v) is 9.09. The van der Waals surface area contributed by atoms with Crippen molar-refractivity contribution in [3.05, 3.63) is 48.0 Å². The summed E-state index contributed by atoms with van der Waals surface area (Å²) in [5.74, 6) is 0.157. The Morgan fingerprint density at radius 1 is 1.19 bits per heavy atom. The molecule has 1 unspecified atom stereocenters. The molecule has 0 fully saturated rings. The van der Waals surface area contributed by atoms with Gasteiger partial charge in [0, 0.05) is 5.92 Å². The van der Waals surface area contributed by atoms with Crippen LogP contribution in [-0.2, 0) is 0 Å². The minimum atomic E-state index is -0.0744. The summed E-state index contributed by atoms with van der Waals surface area (Å²) in [6.45, 7) is 1.92. The number of amidine groups is 1. The van der Waals surface area contributed by atoms with E-state index in [4.69, 9.17) is 10.9 Å².